The van der Waals surface area contributed by atoms with E-state index < -0.39 is 0 Å². The number of rotatable bonds is 2. The molecule has 2 aromatic carbocycles. The fraction of sp³-hybridized carbons (Fsp3) is 0. The average molecular weight is 262 g/mol. The van der Waals surface area contributed by atoms with Crippen molar-refractivity contribution in [2.24, 2.45) is 0 Å². The van der Waals surface area contributed by atoms with Crippen LogP contribution in [0.5, 0.6) is 11.5 Å². The minimum Gasteiger partial charge on any atom is -0.507 e. The summed E-state index contributed by atoms with van der Waals surface area (Å²) in [5, 5.41) is 20.2. The van der Waals surface area contributed by atoms with Gasteiger partial charge in [0.2, 0.25) is 0 Å². The lowest BCUT2D eigenvalue weighted by Gasteiger charge is -2.12. The Hall–Kier alpha value is -2.81. The number of hydrogen-bond acceptors (Lipinski definition) is 3. The third-order valence-corrected chi connectivity index (χ3v) is 3.09. The van der Waals surface area contributed by atoms with Crippen LogP contribution >= 0.6 is 0 Å². The maximum atomic E-state index is 10.1. The molecule has 3 rings (SSSR count). The monoisotopic (exact) mass is 262 g/mol. The van der Waals surface area contributed by atoms with Crippen LogP contribution in [0.3, 0.4) is 0 Å². The molecule has 0 saturated carbocycles. The predicted molar refractivity (Wildman–Crippen MR) is 77.3 cm³/mol. The zero-order valence-corrected chi connectivity index (χ0v) is 10.6. The zero-order valence-electron chi connectivity index (χ0n) is 10.6. The van der Waals surface area contributed by atoms with Gasteiger partial charge >= 0.3 is 0 Å². The minimum atomic E-state index is -0.00495. The van der Waals surface area contributed by atoms with Crippen LogP contribution < -0.4 is 0 Å². The van der Waals surface area contributed by atoms with Gasteiger partial charge in [0, 0.05) is 29.0 Å². The van der Waals surface area contributed by atoms with Gasteiger partial charge in [0.15, 0.2) is 0 Å². The summed E-state index contributed by atoms with van der Waals surface area (Å²) in [6.45, 7) is 0. The number of phenols is 2. The van der Waals surface area contributed by atoms with Gasteiger partial charge in [-0.25, -0.2) is 0 Å². The Labute approximate surface area is 116 Å². The summed E-state index contributed by atoms with van der Waals surface area (Å²) >= 11 is 0. The van der Waals surface area contributed by atoms with Crippen LogP contribution in [0.1, 0.15) is 0 Å². The fourth-order valence-electron chi connectivity index (χ4n) is 2.18. The van der Waals surface area contributed by atoms with Crippen molar-refractivity contribution in [1.29, 1.82) is 0 Å². The van der Waals surface area contributed by atoms with Gasteiger partial charge in [0.25, 0.3) is 0 Å². The molecule has 97 valence electrons. The SMILES string of the molecule is Oc1[c]ccc(-c2ccccn2)c1-c1ccccc1O. The summed E-state index contributed by atoms with van der Waals surface area (Å²) in [5.41, 5.74) is 2.57. The first kappa shape index (κ1) is 12.2. The molecule has 0 aliphatic carbocycles. The van der Waals surface area contributed by atoms with Crippen LogP contribution in [0.2, 0.25) is 0 Å². The summed E-state index contributed by atoms with van der Waals surface area (Å²) in [4.78, 5) is 4.30. The second kappa shape index (κ2) is 5.05. The number of aromatic nitrogens is 1. The summed E-state index contributed by atoms with van der Waals surface area (Å²) in [5.74, 6) is 0.106. The largest absolute Gasteiger partial charge is 0.507 e. The molecule has 1 radical (unpaired) electrons. The van der Waals surface area contributed by atoms with Crippen molar-refractivity contribution in [3.05, 3.63) is 66.9 Å². The Morgan fingerprint density at radius 1 is 0.850 bits per heavy atom. The first-order chi connectivity index (χ1) is 9.77. The van der Waals surface area contributed by atoms with Gasteiger partial charge in [-0.1, -0.05) is 30.3 Å². The molecule has 0 aliphatic heterocycles. The Bertz CT molecular complexity index is 739. The van der Waals surface area contributed by atoms with Crippen molar-refractivity contribution < 1.29 is 10.2 Å². The van der Waals surface area contributed by atoms with Gasteiger partial charge < -0.3 is 10.2 Å². The molecule has 3 nitrogen and oxygen atoms in total. The normalized spacial score (nSPS) is 10.4. The van der Waals surface area contributed by atoms with E-state index in [0.29, 0.717) is 11.1 Å². The van der Waals surface area contributed by atoms with E-state index >= 15 is 0 Å². The molecule has 0 atom stereocenters. The van der Waals surface area contributed by atoms with E-state index in [1.807, 2.05) is 30.3 Å². The number of para-hydroxylation sites is 1. The van der Waals surface area contributed by atoms with Crippen molar-refractivity contribution in [2.45, 2.75) is 0 Å². The Morgan fingerprint density at radius 3 is 2.40 bits per heavy atom. The van der Waals surface area contributed by atoms with Crippen molar-refractivity contribution in [2.75, 3.05) is 0 Å². The Kier molecular flexibility index (Phi) is 3.09. The quantitative estimate of drug-likeness (QED) is 0.741. The van der Waals surface area contributed by atoms with Crippen LogP contribution in [0.25, 0.3) is 22.4 Å². The molecule has 3 aromatic rings. The first-order valence-electron chi connectivity index (χ1n) is 6.21. The average Bonchev–Trinajstić information content (AvgIpc) is 2.49. The van der Waals surface area contributed by atoms with Crippen LogP contribution in [0, 0.1) is 6.07 Å². The lowest BCUT2D eigenvalue weighted by molar-refractivity contribution is 0.468. The highest BCUT2D eigenvalue weighted by Gasteiger charge is 2.15. The van der Waals surface area contributed by atoms with Crippen LogP contribution in [-0.2, 0) is 0 Å². The van der Waals surface area contributed by atoms with Gasteiger partial charge in [-0.05, 0) is 24.3 Å². The van der Waals surface area contributed by atoms with E-state index in [1.165, 1.54) is 0 Å². The molecular weight excluding hydrogens is 250 g/mol. The van der Waals surface area contributed by atoms with Crippen LogP contribution in [0.15, 0.2) is 60.8 Å². The number of phenolic OH excluding ortho intramolecular Hbond substituents is 2. The second-order valence-corrected chi connectivity index (χ2v) is 4.35. The highest BCUT2D eigenvalue weighted by molar-refractivity contribution is 5.88. The smallest absolute Gasteiger partial charge is 0.132 e. The Balaban J connectivity index is 2.29. The highest BCUT2D eigenvalue weighted by atomic mass is 16.3. The lowest BCUT2D eigenvalue weighted by atomic mass is 9.95. The van der Waals surface area contributed by atoms with E-state index in [9.17, 15) is 10.2 Å². The molecule has 1 heterocycles. The van der Waals surface area contributed by atoms with E-state index in [-0.39, 0.29) is 11.5 Å². The minimum absolute atomic E-state index is 0.00495. The molecule has 3 heteroatoms. The van der Waals surface area contributed by atoms with E-state index in [4.69, 9.17) is 0 Å². The molecule has 0 bridgehead atoms. The number of hydrogen-bond donors (Lipinski definition) is 2. The third-order valence-electron chi connectivity index (χ3n) is 3.09. The maximum Gasteiger partial charge on any atom is 0.132 e. The number of aromatic hydroxyl groups is 2. The fourth-order valence-corrected chi connectivity index (χ4v) is 2.18. The van der Waals surface area contributed by atoms with Crippen molar-refractivity contribution in [3.63, 3.8) is 0 Å². The summed E-state index contributed by atoms with van der Waals surface area (Å²) in [6, 6.07) is 18.7. The zero-order chi connectivity index (χ0) is 13.9. The molecule has 20 heavy (non-hydrogen) atoms. The molecule has 0 amide bonds. The van der Waals surface area contributed by atoms with Gasteiger partial charge in [0.1, 0.15) is 11.5 Å². The molecule has 0 saturated heterocycles. The number of pyridine rings is 1. The molecule has 0 aliphatic rings. The number of benzene rings is 2. The molecule has 2 N–H and O–H groups in total. The van der Waals surface area contributed by atoms with Crippen LogP contribution in [-0.4, -0.2) is 15.2 Å². The van der Waals surface area contributed by atoms with Crippen molar-refractivity contribution in [1.82, 2.24) is 4.98 Å². The van der Waals surface area contributed by atoms with Gasteiger partial charge in [0.05, 0.1) is 5.69 Å². The standard InChI is InChI=1S/C17H12NO2/c19-15-9-2-1-6-13(15)17-12(7-5-10-16(17)20)14-8-3-4-11-18-14/h1-9,11,19-20H. The van der Waals surface area contributed by atoms with E-state index in [1.54, 1.807) is 30.5 Å². The summed E-state index contributed by atoms with van der Waals surface area (Å²) in [6.07, 6.45) is 1.69. The third kappa shape index (κ3) is 2.10. The second-order valence-electron chi connectivity index (χ2n) is 4.35. The van der Waals surface area contributed by atoms with Crippen LogP contribution in [0.4, 0.5) is 0 Å². The molecule has 0 fully saturated rings. The Morgan fingerprint density at radius 2 is 1.65 bits per heavy atom. The maximum absolute atomic E-state index is 10.1. The predicted octanol–water partition coefficient (Wildman–Crippen LogP) is 3.63. The summed E-state index contributed by atoms with van der Waals surface area (Å²) < 4.78 is 0. The lowest BCUT2D eigenvalue weighted by Crippen LogP contribution is -1.89. The topological polar surface area (TPSA) is 53.4 Å². The molecule has 0 unspecified atom stereocenters. The van der Waals surface area contributed by atoms with E-state index in [2.05, 4.69) is 11.1 Å². The first-order valence-corrected chi connectivity index (χ1v) is 6.21. The van der Waals surface area contributed by atoms with E-state index in [0.717, 1.165) is 11.3 Å². The van der Waals surface area contributed by atoms with Crippen molar-refractivity contribution >= 4 is 0 Å². The highest BCUT2D eigenvalue weighted by Crippen LogP contribution is 2.41. The van der Waals surface area contributed by atoms with Crippen molar-refractivity contribution in [3.8, 4) is 33.9 Å². The van der Waals surface area contributed by atoms with Gasteiger partial charge in [-0.2, -0.15) is 0 Å². The van der Waals surface area contributed by atoms with Gasteiger partial charge in [-0.15, -0.1) is 0 Å². The molecule has 1 aromatic heterocycles. The number of nitrogens with zero attached hydrogens (tertiary/aromatic N) is 1. The van der Waals surface area contributed by atoms with Gasteiger partial charge in [-0.3, -0.25) is 4.98 Å². The molecule has 0 spiro atoms. The summed E-state index contributed by atoms with van der Waals surface area (Å²) in [7, 11) is 0. The molecular formula is C17H12NO2.